The largest absolute Gasteiger partial charge is 0.221 e. The molecule has 13 heavy (non-hydrogen) atoms. The molecule has 2 aromatic rings. The van der Waals surface area contributed by atoms with E-state index in [1.165, 1.54) is 18.4 Å². The van der Waals surface area contributed by atoms with Crippen molar-refractivity contribution in [3.8, 4) is 0 Å². The lowest BCUT2D eigenvalue weighted by atomic mass is 10.3. The Balaban J connectivity index is 2.20. The summed E-state index contributed by atoms with van der Waals surface area (Å²) in [5.41, 5.74) is 2.21. The number of pyridine rings is 1. The molecule has 1 aliphatic carbocycles. The Bertz CT molecular complexity index is 454. The van der Waals surface area contributed by atoms with Gasteiger partial charge in [-0.15, -0.1) is 0 Å². The second kappa shape index (κ2) is 2.31. The molecule has 0 amide bonds. The van der Waals surface area contributed by atoms with Crippen molar-refractivity contribution in [2.75, 3.05) is 0 Å². The molecule has 2 heterocycles. The molecule has 1 saturated carbocycles. The third kappa shape index (κ3) is 1.11. The summed E-state index contributed by atoms with van der Waals surface area (Å²) in [6.45, 7) is 2.07. The Kier molecular flexibility index (Phi) is 1.26. The molecule has 0 unspecified atom stereocenters. The summed E-state index contributed by atoms with van der Waals surface area (Å²) in [4.78, 5) is 4.49. The molecule has 66 valence electrons. The average molecular weight is 173 g/mol. The van der Waals surface area contributed by atoms with Crippen LogP contribution in [0.5, 0.6) is 0 Å². The van der Waals surface area contributed by atoms with Crippen molar-refractivity contribution in [1.82, 2.24) is 14.6 Å². The Morgan fingerprint density at radius 2 is 2.31 bits per heavy atom. The van der Waals surface area contributed by atoms with Gasteiger partial charge in [0.05, 0.1) is 0 Å². The Hall–Kier alpha value is -1.38. The Labute approximate surface area is 76.4 Å². The van der Waals surface area contributed by atoms with Crippen LogP contribution in [-0.4, -0.2) is 14.6 Å². The lowest BCUT2D eigenvalue weighted by Crippen LogP contribution is -1.87. The van der Waals surface area contributed by atoms with Gasteiger partial charge in [-0.05, 0) is 37.5 Å². The lowest BCUT2D eigenvalue weighted by molar-refractivity contribution is 0.877. The molecule has 3 nitrogen and oxygen atoms in total. The number of rotatable bonds is 1. The second-order valence-corrected chi connectivity index (χ2v) is 3.75. The zero-order valence-corrected chi connectivity index (χ0v) is 7.57. The third-order valence-corrected chi connectivity index (χ3v) is 2.45. The fourth-order valence-corrected chi connectivity index (χ4v) is 1.52. The predicted octanol–water partition coefficient (Wildman–Crippen LogP) is 1.92. The fraction of sp³-hybridized carbons (Fsp3) is 0.400. The first-order valence-corrected chi connectivity index (χ1v) is 4.66. The maximum absolute atomic E-state index is 4.49. The first kappa shape index (κ1) is 7.06. The van der Waals surface area contributed by atoms with Crippen molar-refractivity contribution in [2.45, 2.75) is 25.7 Å². The quantitative estimate of drug-likeness (QED) is 0.659. The van der Waals surface area contributed by atoms with Crippen LogP contribution >= 0.6 is 0 Å². The van der Waals surface area contributed by atoms with E-state index in [4.69, 9.17) is 0 Å². The van der Waals surface area contributed by atoms with E-state index >= 15 is 0 Å². The van der Waals surface area contributed by atoms with Gasteiger partial charge in [-0.25, -0.2) is 9.50 Å². The van der Waals surface area contributed by atoms with Gasteiger partial charge in [-0.2, -0.15) is 5.10 Å². The molecule has 0 radical (unpaired) electrons. The van der Waals surface area contributed by atoms with Crippen molar-refractivity contribution in [2.24, 2.45) is 0 Å². The summed E-state index contributed by atoms with van der Waals surface area (Å²) in [6, 6.07) is 4.12. The van der Waals surface area contributed by atoms with Gasteiger partial charge in [0.15, 0.2) is 11.5 Å². The van der Waals surface area contributed by atoms with Crippen LogP contribution in [-0.2, 0) is 0 Å². The van der Waals surface area contributed by atoms with Gasteiger partial charge >= 0.3 is 0 Å². The van der Waals surface area contributed by atoms with Crippen molar-refractivity contribution in [3.05, 3.63) is 29.7 Å². The molecule has 0 N–H and O–H groups in total. The molecule has 0 bridgehead atoms. The molecule has 0 aliphatic heterocycles. The normalized spacial score (nSPS) is 16.7. The number of aromatic nitrogens is 3. The van der Waals surface area contributed by atoms with Crippen molar-refractivity contribution < 1.29 is 0 Å². The summed E-state index contributed by atoms with van der Waals surface area (Å²) in [6.07, 6.45) is 4.50. The summed E-state index contributed by atoms with van der Waals surface area (Å²) < 4.78 is 1.86. The molecule has 0 aromatic carbocycles. The zero-order chi connectivity index (χ0) is 8.84. The van der Waals surface area contributed by atoms with E-state index in [2.05, 4.69) is 29.1 Å². The SMILES string of the molecule is Cc1ccn2nc(C3CC3)nc2c1. The van der Waals surface area contributed by atoms with Gasteiger partial charge in [0.2, 0.25) is 0 Å². The van der Waals surface area contributed by atoms with Gasteiger partial charge in [-0.3, -0.25) is 0 Å². The van der Waals surface area contributed by atoms with Crippen LogP contribution in [0.2, 0.25) is 0 Å². The van der Waals surface area contributed by atoms with Crippen molar-refractivity contribution in [3.63, 3.8) is 0 Å². The van der Waals surface area contributed by atoms with Crippen LogP contribution in [0.3, 0.4) is 0 Å². The van der Waals surface area contributed by atoms with Gasteiger partial charge in [0, 0.05) is 12.1 Å². The maximum atomic E-state index is 4.49. The monoisotopic (exact) mass is 173 g/mol. The van der Waals surface area contributed by atoms with E-state index in [1.54, 1.807) is 0 Å². The summed E-state index contributed by atoms with van der Waals surface area (Å²) in [5, 5.41) is 4.42. The molecule has 1 fully saturated rings. The lowest BCUT2D eigenvalue weighted by Gasteiger charge is -1.90. The van der Waals surface area contributed by atoms with Gasteiger partial charge in [0.25, 0.3) is 0 Å². The number of aryl methyl sites for hydroxylation is 1. The maximum Gasteiger partial charge on any atom is 0.155 e. The molecule has 2 aromatic heterocycles. The molecular formula is C10H11N3. The van der Waals surface area contributed by atoms with Crippen molar-refractivity contribution >= 4 is 5.65 Å². The van der Waals surface area contributed by atoms with E-state index in [-0.39, 0.29) is 0 Å². The second-order valence-electron chi connectivity index (χ2n) is 3.75. The Morgan fingerprint density at radius 3 is 3.08 bits per heavy atom. The van der Waals surface area contributed by atoms with Crippen LogP contribution in [0.4, 0.5) is 0 Å². The zero-order valence-electron chi connectivity index (χ0n) is 7.57. The highest BCUT2D eigenvalue weighted by molar-refractivity contribution is 5.40. The van der Waals surface area contributed by atoms with Gasteiger partial charge in [0.1, 0.15) is 0 Å². The van der Waals surface area contributed by atoms with Crippen molar-refractivity contribution in [1.29, 1.82) is 0 Å². The van der Waals surface area contributed by atoms with Gasteiger partial charge < -0.3 is 0 Å². The predicted molar refractivity (Wildman–Crippen MR) is 49.7 cm³/mol. The van der Waals surface area contributed by atoms with Crippen LogP contribution in [0.25, 0.3) is 5.65 Å². The van der Waals surface area contributed by atoms with E-state index in [1.807, 2.05) is 10.7 Å². The van der Waals surface area contributed by atoms with E-state index in [9.17, 15) is 0 Å². The fourth-order valence-electron chi connectivity index (χ4n) is 1.52. The number of hydrogen-bond donors (Lipinski definition) is 0. The van der Waals surface area contributed by atoms with Gasteiger partial charge in [-0.1, -0.05) is 0 Å². The summed E-state index contributed by atoms with van der Waals surface area (Å²) >= 11 is 0. The topological polar surface area (TPSA) is 30.2 Å². The number of fused-ring (bicyclic) bond motifs is 1. The van der Waals surface area contributed by atoms with E-state index < -0.39 is 0 Å². The minimum absolute atomic E-state index is 0.639. The van der Waals surface area contributed by atoms with E-state index in [0.717, 1.165) is 11.5 Å². The van der Waals surface area contributed by atoms with Crippen LogP contribution in [0, 0.1) is 6.92 Å². The molecule has 0 saturated heterocycles. The third-order valence-electron chi connectivity index (χ3n) is 2.45. The minimum Gasteiger partial charge on any atom is -0.221 e. The standard InChI is InChI=1S/C10H11N3/c1-7-4-5-13-9(6-7)11-10(12-13)8-2-3-8/h4-6,8H,2-3H2,1H3. The summed E-state index contributed by atoms with van der Waals surface area (Å²) in [7, 11) is 0. The summed E-state index contributed by atoms with van der Waals surface area (Å²) in [5.74, 6) is 1.66. The molecular weight excluding hydrogens is 162 g/mol. The first-order valence-electron chi connectivity index (χ1n) is 4.66. The van der Waals surface area contributed by atoms with Crippen LogP contribution < -0.4 is 0 Å². The van der Waals surface area contributed by atoms with Crippen LogP contribution in [0.1, 0.15) is 30.1 Å². The molecule has 0 atom stereocenters. The highest BCUT2D eigenvalue weighted by Crippen LogP contribution is 2.38. The highest BCUT2D eigenvalue weighted by Gasteiger charge is 2.27. The molecule has 1 aliphatic rings. The molecule has 0 spiro atoms. The molecule has 3 heteroatoms. The minimum atomic E-state index is 0.639. The molecule has 3 rings (SSSR count). The smallest absolute Gasteiger partial charge is 0.155 e. The number of nitrogens with zero attached hydrogens (tertiary/aromatic N) is 3. The highest BCUT2D eigenvalue weighted by atomic mass is 15.3. The Morgan fingerprint density at radius 1 is 1.46 bits per heavy atom. The average Bonchev–Trinajstić information content (AvgIpc) is 2.87. The number of hydrogen-bond acceptors (Lipinski definition) is 2. The van der Waals surface area contributed by atoms with E-state index in [0.29, 0.717) is 5.92 Å². The first-order chi connectivity index (χ1) is 6.33. The van der Waals surface area contributed by atoms with Crippen LogP contribution in [0.15, 0.2) is 18.3 Å².